The van der Waals surface area contributed by atoms with Crippen molar-refractivity contribution in [1.29, 1.82) is 0 Å². The Morgan fingerprint density at radius 3 is 2.48 bits per heavy atom. The van der Waals surface area contributed by atoms with Crippen molar-refractivity contribution < 1.29 is 14.8 Å². The van der Waals surface area contributed by atoms with Crippen LogP contribution in [0.15, 0.2) is 48.5 Å². The molecule has 1 saturated heterocycles. The van der Waals surface area contributed by atoms with Crippen molar-refractivity contribution >= 4 is 23.0 Å². The van der Waals surface area contributed by atoms with Crippen LogP contribution in [0.5, 0.6) is 0 Å². The first-order valence-electron chi connectivity index (χ1n) is 8.12. The van der Waals surface area contributed by atoms with Gasteiger partial charge in [-0.15, -0.1) is 0 Å². The van der Waals surface area contributed by atoms with Crippen molar-refractivity contribution in [2.45, 2.75) is 18.9 Å². The number of carbonyl (C=O) groups is 1. The molecule has 3 rings (SSSR count). The zero-order valence-electron chi connectivity index (χ0n) is 13.6. The number of hydrogen-bond acceptors (Lipinski definition) is 5. The molecule has 0 aromatic heterocycles. The highest BCUT2D eigenvalue weighted by atomic mass is 16.6. The smallest absolute Gasteiger partial charge is 0.271 e. The number of hydrogen-bond donors (Lipinski definition) is 2. The molecular formula is C18H19N3O4. The SMILES string of the molecule is O=C(Nc1cccc([N+](=O)[O-])c1)c1ccc(N2CCC(O)CC2)cc1. The molecule has 0 saturated carbocycles. The molecule has 2 aromatic carbocycles. The van der Waals surface area contributed by atoms with Crippen molar-refractivity contribution in [3.05, 3.63) is 64.2 Å². The van der Waals surface area contributed by atoms with E-state index in [1.807, 2.05) is 12.1 Å². The summed E-state index contributed by atoms with van der Waals surface area (Å²) in [6.45, 7) is 1.58. The van der Waals surface area contributed by atoms with Crippen LogP contribution >= 0.6 is 0 Å². The summed E-state index contributed by atoms with van der Waals surface area (Å²) >= 11 is 0. The molecule has 0 radical (unpaired) electrons. The van der Waals surface area contributed by atoms with E-state index in [-0.39, 0.29) is 17.7 Å². The van der Waals surface area contributed by atoms with Gasteiger partial charge < -0.3 is 15.3 Å². The Kier molecular flexibility index (Phi) is 4.95. The number of nitro groups is 1. The third-order valence-electron chi connectivity index (χ3n) is 4.27. The Bertz CT molecular complexity index is 768. The predicted molar refractivity (Wildman–Crippen MR) is 94.9 cm³/mol. The molecule has 0 spiro atoms. The first-order valence-corrected chi connectivity index (χ1v) is 8.12. The number of rotatable bonds is 4. The highest BCUT2D eigenvalue weighted by Crippen LogP contribution is 2.22. The third kappa shape index (κ3) is 4.13. The number of nitrogens with zero attached hydrogens (tertiary/aromatic N) is 2. The Balaban J connectivity index is 1.66. The molecule has 1 heterocycles. The number of non-ortho nitro benzene ring substituents is 1. The average molecular weight is 341 g/mol. The minimum absolute atomic E-state index is 0.0690. The lowest BCUT2D eigenvalue weighted by Gasteiger charge is -2.31. The molecule has 1 fully saturated rings. The van der Waals surface area contributed by atoms with Crippen LogP contribution < -0.4 is 10.2 Å². The lowest BCUT2D eigenvalue weighted by Crippen LogP contribution is -2.35. The topological polar surface area (TPSA) is 95.7 Å². The van der Waals surface area contributed by atoms with Crippen LogP contribution in [-0.2, 0) is 0 Å². The van der Waals surface area contributed by atoms with Crippen LogP contribution in [0.25, 0.3) is 0 Å². The number of aliphatic hydroxyl groups is 1. The lowest BCUT2D eigenvalue weighted by molar-refractivity contribution is -0.384. The van der Waals surface area contributed by atoms with Crippen LogP contribution in [0, 0.1) is 10.1 Å². The summed E-state index contributed by atoms with van der Waals surface area (Å²) in [4.78, 5) is 24.8. The summed E-state index contributed by atoms with van der Waals surface area (Å²) in [5, 5.41) is 23.0. The van der Waals surface area contributed by atoms with Gasteiger partial charge in [0.25, 0.3) is 11.6 Å². The van der Waals surface area contributed by atoms with Gasteiger partial charge in [0.1, 0.15) is 0 Å². The van der Waals surface area contributed by atoms with Crippen molar-refractivity contribution in [2.24, 2.45) is 0 Å². The van der Waals surface area contributed by atoms with Crippen molar-refractivity contribution in [2.75, 3.05) is 23.3 Å². The lowest BCUT2D eigenvalue weighted by atomic mass is 10.1. The molecule has 25 heavy (non-hydrogen) atoms. The van der Waals surface area contributed by atoms with E-state index in [1.54, 1.807) is 18.2 Å². The summed E-state index contributed by atoms with van der Waals surface area (Å²) in [5.74, 6) is -0.318. The second-order valence-electron chi connectivity index (χ2n) is 6.03. The van der Waals surface area contributed by atoms with Gasteiger partial charge in [0.15, 0.2) is 0 Å². The first kappa shape index (κ1) is 16.9. The second-order valence-corrected chi connectivity index (χ2v) is 6.03. The summed E-state index contributed by atoms with van der Waals surface area (Å²) in [6.07, 6.45) is 1.26. The van der Waals surface area contributed by atoms with Gasteiger partial charge in [-0.3, -0.25) is 14.9 Å². The van der Waals surface area contributed by atoms with E-state index in [0.717, 1.165) is 31.6 Å². The van der Waals surface area contributed by atoms with E-state index in [2.05, 4.69) is 10.2 Å². The van der Waals surface area contributed by atoms with Crippen LogP contribution in [0.3, 0.4) is 0 Å². The van der Waals surface area contributed by atoms with E-state index in [0.29, 0.717) is 11.3 Å². The summed E-state index contributed by atoms with van der Waals surface area (Å²) in [7, 11) is 0. The maximum absolute atomic E-state index is 12.3. The van der Waals surface area contributed by atoms with Crippen LogP contribution in [0.1, 0.15) is 23.2 Å². The number of benzene rings is 2. The fourth-order valence-corrected chi connectivity index (χ4v) is 2.85. The quantitative estimate of drug-likeness (QED) is 0.658. The maximum atomic E-state index is 12.3. The fraction of sp³-hybridized carbons (Fsp3) is 0.278. The number of nitrogens with one attached hydrogen (secondary N) is 1. The van der Waals surface area contributed by atoms with E-state index in [4.69, 9.17) is 0 Å². The molecule has 7 nitrogen and oxygen atoms in total. The fourth-order valence-electron chi connectivity index (χ4n) is 2.85. The van der Waals surface area contributed by atoms with Gasteiger partial charge in [-0.05, 0) is 43.2 Å². The molecule has 2 N–H and O–H groups in total. The number of anilines is 2. The zero-order chi connectivity index (χ0) is 17.8. The molecular weight excluding hydrogens is 322 g/mol. The van der Waals surface area contributed by atoms with Gasteiger partial charge in [0, 0.05) is 42.2 Å². The molecule has 2 aromatic rings. The summed E-state index contributed by atoms with van der Waals surface area (Å²) in [6, 6.07) is 13.0. The molecule has 1 aliphatic rings. The van der Waals surface area contributed by atoms with E-state index in [1.165, 1.54) is 18.2 Å². The molecule has 1 amide bonds. The van der Waals surface area contributed by atoms with Crippen molar-refractivity contribution in [1.82, 2.24) is 0 Å². The zero-order valence-corrected chi connectivity index (χ0v) is 13.6. The Labute approximate surface area is 145 Å². The van der Waals surface area contributed by atoms with Crippen LogP contribution in [0.2, 0.25) is 0 Å². The summed E-state index contributed by atoms with van der Waals surface area (Å²) in [5.41, 5.74) is 1.81. The van der Waals surface area contributed by atoms with Gasteiger partial charge in [-0.2, -0.15) is 0 Å². The van der Waals surface area contributed by atoms with Crippen molar-refractivity contribution in [3.63, 3.8) is 0 Å². The van der Waals surface area contributed by atoms with Gasteiger partial charge in [-0.25, -0.2) is 0 Å². The minimum atomic E-state index is -0.500. The number of amides is 1. The van der Waals surface area contributed by atoms with Gasteiger partial charge >= 0.3 is 0 Å². The normalized spacial score (nSPS) is 15.0. The van der Waals surface area contributed by atoms with Crippen LogP contribution in [0.4, 0.5) is 17.1 Å². The first-order chi connectivity index (χ1) is 12.0. The predicted octanol–water partition coefficient (Wildman–Crippen LogP) is 2.81. The molecule has 7 heteroatoms. The highest BCUT2D eigenvalue weighted by Gasteiger charge is 2.17. The van der Waals surface area contributed by atoms with Gasteiger partial charge in [0.05, 0.1) is 11.0 Å². The van der Waals surface area contributed by atoms with Gasteiger partial charge in [0.2, 0.25) is 0 Å². The van der Waals surface area contributed by atoms with Crippen LogP contribution in [-0.4, -0.2) is 35.1 Å². The molecule has 0 atom stereocenters. The molecule has 130 valence electrons. The Morgan fingerprint density at radius 2 is 1.84 bits per heavy atom. The van der Waals surface area contributed by atoms with Crippen molar-refractivity contribution in [3.8, 4) is 0 Å². The number of nitro benzene ring substituents is 1. The number of aliphatic hydroxyl groups excluding tert-OH is 1. The minimum Gasteiger partial charge on any atom is -0.393 e. The molecule has 1 aliphatic heterocycles. The molecule has 0 aliphatic carbocycles. The Morgan fingerprint density at radius 1 is 1.16 bits per heavy atom. The van der Waals surface area contributed by atoms with Gasteiger partial charge in [-0.1, -0.05) is 6.07 Å². The average Bonchev–Trinajstić information content (AvgIpc) is 2.63. The van der Waals surface area contributed by atoms with E-state index < -0.39 is 4.92 Å². The van der Waals surface area contributed by atoms with E-state index >= 15 is 0 Å². The Hall–Kier alpha value is -2.93. The second kappa shape index (κ2) is 7.31. The third-order valence-corrected chi connectivity index (χ3v) is 4.27. The monoisotopic (exact) mass is 341 g/mol. The molecule has 0 bridgehead atoms. The largest absolute Gasteiger partial charge is 0.393 e. The number of carbonyl (C=O) groups excluding carboxylic acids is 1. The van der Waals surface area contributed by atoms with E-state index in [9.17, 15) is 20.0 Å². The number of piperidine rings is 1. The summed E-state index contributed by atoms with van der Waals surface area (Å²) < 4.78 is 0. The highest BCUT2D eigenvalue weighted by molar-refractivity contribution is 6.04. The maximum Gasteiger partial charge on any atom is 0.271 e. The standard InChI is InChI=1S/C18H19N3O4/c22-17-8-10-20(11-9-17)15-6-4-13(5-7-15)18(23)19-14-2-1-3-16(12-14)21(24)25/h1-7,12,17,22H,8-11H2,(H,19,23). The molecule has 0 unspecified atom stereocenters.